The summed E-state index contributed by atoms with van der Waals surface area (Å²) in [6, 6.07) is 0. The normalized spacial score (nSPS) is 29.2. The summed E-state index contributed by atoms with van der Waals surface area (Å²) in [6.07, 6.45) is -0.221. The fourth-order valence-corrected chi connectivity index (χ4v) is 1.62. The first-order valence-electron chi connectivity index (χ1n) is 2.91. The van der Waals surface area contributed by atoms with Gasteiger partial charge >= 0.3 is 10.3 Å². The summed E-state index contributed by atoms with van der Waals surface area (Å²) in [7, 11) is -4.06. The van der Waals surface area contributed by atoms with Crippen LogP contribution in [-0.2, 0) is 10.3 Å². The van der Waals surface area contributed by atoms with E-state index in [9.17, 15) is 8.42 Å². The van der Waals surface area contributed by atoms with Crippen molar-refractivity contribution in [3.05, 3.63) is 0 Å². The topological polar surface area (TPSA) is 77.8 Å². The predicted octanol–water partition coefficient (Wildman–Crippen LogP) is -1.14. The minimum absolute atomic E-state index is 0.0127. The molecule has 1 aliphatic heterocycles. The lowest BCUT2D eigenvalue weighted by molar-refractivity contribution is 0.187. The zero-order chi connectivity index (χ0) is 7.78. The molecule has 1 saturated heterocycles. The molecule has 6 heteroatoms. The molecule has 1 aliphatic rings. The molecule has 1 atom stereocenters. The quantitative estimate of drug-likeness (QED) is 0.484. The highest BCUT2D eigenvalue weighted by atomic mass is 32.2. The van der Waals surface area contributed by atoms with Gasteiger partial charge in [0.05, 0.1) is 6.10 Å². The Morgan fingerprint density at radius 1 is 1.50 bits per heavy atom. The van der Waals surface area contributed by atoms with E-state index in [1.54, 1.807) is 0 Å². The summed E-state index contributed by atoms with van der Waals surface area (Å²) < 4.78 is 30.0. The standard InChI is InChI=1S/C4H9NO4S/c6-4-1-2-5(3-4)10(7,8)9/h4,6H,1-3H2,(H,7,8,9). The van der Waals surface area contributed by atoms with Crippen molar-refractivity contribution in [2.75, 3.05) is 13.1 Å². The maximum Gasteiger partial charge on any atom is 0.335 e. The van der Waals surface area contributed by atoms with Crippen LogP contribution in [0.3, 0.4) is 0 Å². The van der Waals surface area contributed by atoms with Crippen molar-refractivity contribution in [2.45, 2.75) is 12.5 Å². The summed E-state index contributed by atoms with van der Waals surface area (Å²) in [6.45, 7) is 0.221. The summed E-state index contributed by atoms with van der Waals surface area (Å²) >= 11 is 0. The van der Waals surface area contributed by atoms with Gasteiger partial charge in [-0.2, -0.15) is 12.7 Å². The summed E-state index contributed by atoms with van der Waals surface area (Å²) in [4.78, 5) is 0. The maximum atomic E-state index is 10.3. The fraction of sp³-hybridized carbons (Fsp3) is 1.00. The Hall–Kier alpha value is -0.170. The van der Waals surface area contributed by atoms with E-state index < -0.39 is 16.4 Å². The van der Waals surface area contributed by atoms with Gasteiger partial charge in [0.1, 0.15) is 0 Å². The largest absolute Gasteiger partial charge is 0.392 e. The zero-order valence-electron chi connectivity index (χ0n) is 5.27. The molecule has 0 radical (unpaired) electrons. The molecule has 1 heterocycles. The molecule has 0 amide bonds. The van der Waals surface area contributed by atoms with Crippen molar-refractivity contribution in [2.24, 2.45) is 0 Å². The Morgan fingerprint density at radius 2 is 2.10 bits per heavy atom. The van der Waals surface area contributed by atoms with E-state index in [2.05, 4.69) is 0 Å². The van der Waals surface area contributed by atoms with Gasteiger partial charge in [0.25, 0.3) is 0 Å². The lowest BCUT2D eigenvalue weighted by Crippen LogP contribution is -2.28. The molecule has 1 fully saturated rings. The first-order chi connectivity index (χ1) is 4.50. The smallest absolute Gasteiger partial charge is 0.335 e. The van der Waals surface area contributed by atoms with E-state index in [4.69, 9.17) is 9.66 Å². The first kappa shape index (κ1) is 7.93. The molecular weight excluding hydrogens is 158 g/mol. The number of rotatable bonds is 1. The van der Waals surface area contributed by atoms with Crippen LogP contribution < -0.4 is 0 Å². The number of nitrogens with zero attached hydrogens (tertiary/aromatic N) is 1. The predicted molar refractivity (Wildman–Crippen MR) is 33.7 cm³/mol. The van der Waals surface area contributed by atoms with Crippen molar-refractivity contribution in [1.29, 1.82) is 0 Å². The molecular formula is C4H9NO4S. The van der Waals surface area contributed by atoms with Crippen molar-refractivity contribution in [3.8, 4) is 0 Å². The Morgan fingerprint density at radius 3 is 2.30 bits per heavy atom. The number of β-amino-alcohol motifs (C(OH)–C–C–N with tert-alkyl or cyclic N) is 1. The highest BCUT2D eigenvalue weighted by Crippen LogP contribution is 2.11. The van der Waals surface area contributed by atoms with Gasteiger partial charge in [0.15, 0.2) is 0 Å². The molecule has 0 aromatic heterocycles. The summed E-state index contributed by atoms with van der Waals surface area (Å²) in [5.74, 6) is 0. The molecule has 1 unspecified atom stereocenters. The van der Waals surface area contributed by atoms with Crippen LogP contribution in [0.25, 0.3) is 0 Å². The lowest BCUT2D eigenvalue weighted by Gasteiger charge is -2.08. The van der Waals surface area contributed by atoms with E-state index in [1.165, 1.54) is 0 Å². The number of hydrogen-bond acceptors (Lipinski definition) is 3. The SMILES string of the molecule is O=S(=O)(O)N1CCC(O)C1. The van der Waals surface area contributed by atoms with E-state index in [0.717, 1.165) is 4.31 Å². The van der Waals surface area contributed by atoms with Crippen LogP contribution in [-0.4, -0.2) is 41.6 Å². The first-order valence-corrected chi connectivity index (χ1v) is 4.30. The summed E-state index contributed by atoms with van der Waals surface area (Å²) in [5, 5.41) is 8.85. The lowest BCUT2D eigenvalue weighted by atomic mass is 10.3. The van der Waals surface area contributed by atoms with Gasteiger partial charge in [0, 0.05) is 13.1 Å². The monoisotopic (exact) mass is 167 g/mol. The number of hydrogen-bond donors (Lipinski definition) is 2. The number of aliphatic hydroxyl groups excluding tert-OH is 1. The average molecular weight is 167 g/mol. The van der Waals surface area contributed by atoms with Crippen LogP contribution in [0.5, 0.6) is 0 Å². The average Bonchev–Trinajstić information content (AvgIpc) is 2.11. The Bertz CT molecular complexity index is 211. The Kier molecular flexibility index (Phi) is 1.95. The third-order valence-electron chi connectivity index (χ3n) is 1.45. The van der Waals surface area contributed by atoms with Gasteiger partial charge < -0.3 is 5.11 Å². The number of aliphatic hydroxyl groups is 1. The highest BCUT2D eigenvalue weighted by Gasteiger charge is 2.28. The van der Waals surface area contributed by atoms with E-state index in [1.807, 2.05) is 0 Å². The summed E-state index contributed by atoms with van der Waals surface area (Å²) in [5.41, 5.74) is 0. The third-order valence-corrected chi connectivity index (χ3v) is 2.44. The maximum absolute atomic E-state index is 10.3. The van der Waals surface area contributed by atoms with Crippen LogP contribution in [0.4, 0.5) is 0 Å². The van der Waals surface area contributed by atoms with Crippen molar-refractivity contribution < 1.29 is 18.1 Å². The van der Waals surface area contributed by atoms with Crippen LogP contribution in [0.1, 0.15) is 6.42 Å². The molecule has 0 spiro atoms. The van der Waals surface area contributed by atoms with Crippen molar-refractivity contribution >= 4 is 10.3 Å². The molecule has 0 aliphatic carbocycles. The molecule has 2 N–H and O–H groups in total. The molecule has 0 saturated carbocycles. The minimum Gasteiger partial charge on any atom is -0.392 e. The van der Waals surface area contributed by atoms with Gasteiger partial charge in [-0.05, 0) is 6.42 Å². The van der Waals surface area contributed by atoms with E-state index >= 15 is 0 Å². The van der Waals surface area contributed by atoms with E-state index in [-0.39, 0.29) is 13.1 Å². The van der Waals surface area contributed by atoms with Gasteiger partial charge in [-0.25, -0.2) is 0 Å². The van der Waals surface area contributed by atoms with Crippen LogP contribution in [0.15, 0.2) is 0 Å². The molecule has 10 heavy (non-hydrogen) atoms. The molecule has 1 rings (SSSR count). The van der Waals surface area contributed by atoms with Gasteiger partial charge in [-0.1, -0.05) is 0 Å². The second-order valence-electron chi connectivity index (χ2n) is 2.28. The van der Waals surface area contributed by atoms with Crippen molar-refractivity contribution in [3.63, 3.8) is 0 Å². The van der Waals surface area contributed by atoms with Gasteiger partial charge in [-0.15, -0.1) is 0 Å². The highest BCUT2D eigenvalue weighted by molar-refractivity contribution is 7.83. The van der Waals surface area contributed by atoms with Gasteiger partial charge in [-0.3, -0.25) is 4.55 Å². The third kappa shape index (κ3) is 1.66. The van der Waals surface area contributed by atoms with Gasteiger partial charge in [0.2, 0.25) is 0 Å². The van der Waals surface area contributed by atoms with E-state index in [0.29, 0.717) is 6.42 Å². The second kappa shape index (κ2) is 2.46. The van der Waals surface area contributed by atoms with Crippen LogP contribution in [0.2, 0.25) is 0 Å². The fourth-order valence-electron chi connectivity index (χ4n) is 0.920. The van der Waals surface area contributed by atoms with Crippen LogP contribution in [0, 0.1) is 0 Å². The molecule has 60 valence electrons. The molecule has 5 nitrogen and oxygen atoms in total. The molecule has 0 aromatic carbocycles. The minimum atomic E-state index is -4.06. The zero-order valence-corrected chi connectivity index (χ0v) is 6.08. The Balaban J connectivity index is 2.62. The van der Waals surface area contributed by atoms with Crippen molar-refractivity contribution in [1.82, 2.24) is 4.31 Å². The van der Waals surface area contributed by atoms with Crippen LogP contribution >= 0.6 is 0 Å². The molecule has 0 bridgehead atoms. The second-order valence-corrected chi connectivity index (χ2v) is 3.69. The Labute approximate surface area is 59.1 Å². The molecule has 0 aromatic rings.